The number of hydrogen-bond acceptors (Lipinski definition) is 3. The molecule has 2 rings (SSSR count). The maximum absolute atomic E-state index is 11.8. The highest BCUT2D eigenvalue weighted by molar-refractivity contribution is 7.80. The van der Waals surface area contributed by atoms with Gasteiger partial charge in [-0.1, -0.05) is 42.5 Å². The summed E-state index contributed by atoms with van der Waals surface area (Å²) in [5.41, 5.74) is 0.511. The van der Waals surface area contributed by atoms with Crippen molar-refractivity contribution in [2.75, 3.05) is 13.1 Å². The molecule has 1 aromatic carbocycles. The van der Waals surface area contributed by atoms with E-state index in [9.17, 15) is 9.90 Å². The summed E-state index contributed by atoms with van der Waals surface area (Å²) in [6, 6.07) is 9.52. The molecule has 0 bridgehead atoms. The first-order chi connectivity index (χ1) is 10.8. The van der Waals surface area contributed by atoms with Gasteiger partial charge >= 0.3 is 0 Å². The average Bonchev–Trinajstić information content (AvgIpc) is 2.99. The van der Waals surface area contributed by atoms with Crippen LogP contribution in [0.5, 0.6) is 0 Å². The summed E-state index contributed by atoms with van der Waals surface area (Å²) >= 11 is 5.69. The minimum absolute atomic E-state index is 0.379. The Bertz CT molecular complexity index is 548. The van der Waals surface area contributed by atoms with E-state index in [0.717, 1.165) is 31.5 Å². The molecule has 0 radical (unpaired) electrons. The second-order valence-corrected chi connectivity index (χ2v) is 7.46. The lowest BCUT2D eigenvalue weighted by molar-refractivity contribution is -0.272. The number of amides is 1. The van der Waals surface area contributed by atoms with E-state index in [1.54, 1.807) is 0 Å². The first-order valence-electron chi connectivity index (χ1n) is 8.14. The smallest absolute Gasteiger partial charge is 0.137 e. The number of likely N-dealkylation sites (tertiary alicyclic amines) is 1. The maximum Gasteiger partial charge on any atom is 0.137 e. The Morgan fingerprint density at radius 2 is 1.83 bits per heavy atom. The van der Waals surface area contributed by atoms with Gasteiger partial charge < -0.3 is 19.7 Å². The number of carbonyl (C=O) groups is 1. The van der Waals surface area contributed by atoms with E-state index in [1.807, 2.05) is 51.1 Å². The van der Waals surface area contributed by atoms with Crippen molar-refractivity contribution in [1.29, 1.82) is 0 Å². The van der Waals surface area contributed by atoms with Gasteiger partial charge in [0.15, 0.2) is 0 Å². The molecule has 1 atom stereocenters. The van der Waals surface area contributed by atoms with E-state index >= 15 is 0 Å². The van der Waals surface area contributed by atoms with Crippen LogP contribution in [-0.2, 0) is 6.42 Å². The molecule has 23 heavy (non-hydrogen) atoms. The van der Waals surface area contributed by atoms with Gasteiger partial charge in [0.05, 0.1) is 6.04 Å². The van der Waals surface area contributed by atoms with Gasteiger partial charge in [0.25, 0.3) is 0 Å². The molecular weight excluding hydrogens is 308 g/mol. The van der Waals surface area contributed by atoms with Crippen molar-refractivity contribution in [2.45, 2.75) is 51.6 Å². The van der Waals surface area contributed by atoms with Crippen LogP contribution in [0.2, 0.25) is 0 Å². The SMILES string of the molecule is CC(C)(C)N(C(=O)[O-])C(Cc1ccccc1)C(=S)N1CCCC1. The van der Waals surface area contributed by atoms with Gasteiger partial charge in [-0.2, -0.15) is 0 Å². The van der Waals surface area contributed by atoms with Crippen LogP contribution in [0.3, 0.4) is 0 Å². The fourth-order valence-electron chi connectivity index (χ4n) is 3.14. The summed E-state index contributed by atoms with van der Waals surface area (Å²) in [7, 11) is 0. The number of nitrogens with zero attached hydrogens (tertiary/aromatic N) is 2. The van der Waals surface area contributed by atoms with Crippen LogP contribution in [0.15, 0.2) is 30.3 Å². The van der Waals surface area contributed by atoms with Crippen molar-refractivity contribution in [3.8, 4) is 0 Å². The predicted molar refractivity (Wildman–Crippen MR) is 94.3 cm³/mol. The normalized spacial score (nSPS) is 16.2. The number of thiocarbonyl (C=S) groups is 1. The Hall–Kier alpha value is -1.62. The maximum atomic E-state index is 11.8. The molecule has 1 aliphatic heterocycles. The second kappa shape index (κ2) is 7.30. The van der Waals surface area contributed by atoms with Crippen LogP contribution >= 0.6 is 12.2 Å². The molecule has 4 nitrogen and oxygen atoms in total. The standard InChI is InChI=1S/C18H26N2O2S/c1-18(2,3)20(17(21)22)15(13-14-9-5-4-6-10-14)16(23)19-11-7-8-12-19/h4-6,9-10,15H,7-8,11-13H2,1-3H3,(H,21,22)/p-1. The highest BCUT2D eigenvalue weighted by Crippen LogP contribution is 2.23. The van der Waals surface area contributed by atoms with Crippen molar-refractivity contribution >= 4 is 23.3 Å². The summed E-state index contributed by atoms with van der Waals surface area (Å²) < 4.78 is 0. The van der Waals surface area contributed by atoms with Gasteiger partial charge in [0, 0.05) is 18.6 Å². The van der Waals surface area contributed by atoms with Gasteiger partial charge in [-0.15, -0.1) is 0 Å². The molecule has 1 aromatic rings. The molecule has 0 N–H and O–H groups in total. The summed E-state index contributed by atoms with van der Waals surface area (Å²) in [4.78, 5) is 16.1. The highest BCUT2D eigenvalue weighted by atomic mass is 32.1. The van der Waals surface area contributed by atoms with Crippen molar-refractivity contribution in [2.24, 2.45) is 0 Å². The monoisotopic (exact) mass is 333 g/mol. The molecule has 1 heterocycles. The third kappa shape index (κ3) is 4.44. The molecule has 1 aliphatic rings. The first kappa shape index (κ1) is 17.7. The molecular formula is C18H25N2O2S-. The van der Waals surface area contributed by atoms with Gasteiger partial charge in [-0.05, 0) is 45.6 Å². The first-order valence-corrected chi connectivity index (χ1v) is 8.54. The third-order valence-electron chi connectivity index (χ3n) is 4.21. The topological polar surface area (TPSA) is 46.6 Å². The zero-order chi connectivity index (χ0) is 17.0. The van der Waals surface area contributed by atoms with Crippen LogP contribution in [0.1, 0.15) is 39.2 Å². The van der Waals surface area contributed by atoms with Gasteiger partial charge in [0.2, 0.25) is 0 Å². The molecule has 0 saturated carbocycles. The van der Waals surface area contributed by atoms with E-state index in [-0.39, 0.29) is 6.04 Å². The van der Waals surface area contributed by atoms with E-state index in [0.29, 0.717) is 11.4 Å². The molecule has 1 saturated heterocycles. The predicted octanol–water partition coefficient (Wildman–Crippen LogP) is 2.46. The number of benzene rings is 1. The van der Waals surface area contributed by atoms with E-state index in [4.69, 9.17) is 12.2 Å². The van der Waals surface area contributed by atoms with E-state index in [2.05, 4.69) is 4.90 Å². The zero-order valence-corrected chi connectivity index (χ0v) is 14.9. The third-order valence-corrected chi connectivity index (χ3v) is 4.74. The molecule has 126 valence electrons. The highest BCUT2D eigenvalue weighted by Gasteiger charge is 2.34. The minimum atomic E-state index is -1.17. The molecule has 1 unspecified atom stereocenters. The number of carboxylic acid groups (broad SMARTS) is 1. The summed E-state index contributed by atoms with van der Waals surface area (Å²) in [6.07, 6.45) is 1.62. The van der Waals surface area contributed by atoms with E-state index in [1.165, 1.54) is 4.90 Å². The van der Waals surface area contributed by atoms with Gasteiger partial charge in [-0.3, -0.25) is 0 Å². The Balaban J connectivity index is 2.32. The Labute approximate surface area is 144 Å². The number of hydrogen-bond donors (Lipinski definition) is 0. The van der Waals surface area contributed by atoms with Crippen LogP contribution in [0.4, 0.5) is 4.79 Å². The fourth-order valence-corrected chi connectivity index (χ4v) is 3.51. The second-order valence-electron chi connectivity index (χ2n) is 7.04. The van der Waals surface area contributed by atoms with Crippen LogP contribution in [-0.4, -0.2) is 45.6 Å². The van der Waals surface area contributed by atoms with Crippen molar-refractivity contribution < 1.29 is 9.90 Å². The Morgan fingerprint density at radius 1 is 1.26 bits per heavy atom. The molecule has 1 amide bonds. The quantitative estimate of drug-likeness (QED) is 0.794. The molecule has 0 spiro atoms. The minimum Gasteiger partial charge on any atom is -0.530 e. The fraction of sp³-hybridized carbons (Fsp3) is 0.556. The van der Waals surface area contributed by atoms with Gasteiger partial charge in [-0.25, -0.2) is 0 Å². The van der Waals surface area contributed by atoms with Crippen LogP contribution < -0.4 is 5.11 Å². The Kier molecular flexibility index (Phi) is 5.63. The van der Waals surface area contributed by atoms with Crippen molar-refractivity contribution in [3.63, 3.8) is 0 Å². The lowest BCUT2D eigenvalue weighted by atomic mass is 9.98. The Morgan fingerprint density at radius 3 is 2.30 bits per heavy atom. The van der Waals surface area contributed by atoms with Crippen molar-refractivity contribution in [1.82, 2.24) is 9.80 Å². The zero-order valence-electron chi connectivity index (χ0n) is 14.1. The molecule has 5 heteroatoms. The lowest BCUT2D eigenvalue weighted by Crippen LogP contribution is -2.61. The van der Waals surface area contributed by atoms with Crippen LogP contribution in [0, 0.1) is 0 Å². The summed E-state index contributed by atoms with van der Waals surface area (Å²) in [5.74, 6) is 0. The van der Waals surface area contributed by atoms with Crippen molar-refractivity contribution in [3.05, 3.63) is 35.9 Å². The number of rotatable bonds is 4. The van der Waals surface area contributed by atoms with Crippen LogP contribution in [0.25, 0.3) is 0 Å². The summed E-state index contributed by atoms with van der Waals surface area (Å²) in [5, 5.41) is 11.8. The largest absolute Gasteiger partial charge is 0.530 e. The average molecular weight is 333 g/mol. The molecule has 1 fully saturated rings. The molecule has 0 aromatic heterocycles. The summed E-state index contributed by atoms with van der Waals surface area (Å²) in [6.45, 7) is 7.47. The van der Waals surface area contributed by atoms with Gasteiger partial charge in [0.1, 0.15) is 11.1 Å². The number of carbonyl (C=O) groups excluding carboxylic acids is 1. The lowest BCUT2D eigenvalue weighted by Gasteiger charge is -2.45. The molecule has 0 aliphatic carbocycles. The van der Waals surface area contributed by atoms with E-state index < -0.39 is 11.6 Å².